The number of rotatable bonds is 2. The summed E-state index contributed by atoms with van der Waals surface area (Å²) in [4.78, 5) is 12.3. The molecule has 2 rings (SSSR count). The third-order valence-corrected chi connectivity index (χ3v) is 3.25. The van der Waals surface area contributed by atoms with Gasteiger partial charge in [0.15, 0.2) is 0 Å². The molecule has 0 amide bonds. The largest absolute Gasteiger partial charge is 0.399 e. The highest BCUT2D eigenvalue weighted by Crippen LogP contribution is 2.09. The number of hydrogen-bond acceptors (Lipinski definition) is 4. The summed E-state index contributed by atoms with van der Waals surface area (Å²) in [7, 11) is 0. The van der Waals surface area contributed by atoms with Crippen LogP contribution in [0.2, 0.25) is 0 Å². The van der Waals surface area contributed by atoms with Gasteiger partial charge in [-0.25, -0.2) is 4.68 Å². The number of nitriles is 1. The van der Waals surface area contributed by atoms with Crippen LogP contribution >= 0.6 is 0 Å². The van der Waals surface area contributed by atoms with Crippen molar-refractivity contribution >= 4 is 11.4 Å². The standard InChI is InChI=1S/C16H16N4O/c1-10-8-11(2)20(16(21)15(10)9-17)19-12(3)13-4-6-14(18)7-5-13/h4-8H,18H2,1-3H3. The highest BCUT2D eigenvalue weighted by Gasteiger charge is 2.10. The van der Waals surface area contributed by atoms with Gasteiger partial charge < -0.3 is 5.73 Å². The minimum atomic E-state index is -0.398. The van der Waals surface area contributed by atoms with E-state index in [1.807, 2.05) is 25.1 Å². The third-order valence-electron chi connectivity index (χ3n) is 3.25. The van der Waals surface area contributed by atoms with Crippen molar-refractivity contribution in [3.05, 3.63) is 63.1 Å². The first-order valence-corrected chi connectivity index (χ1v) is 6.49. The summed E-state index contributed by atoms with van der Waals surface area (Å²) in [6.07, 6.45) is 0. The van der Waals surface area contributed by atoms with Crippen LogP contribution in [0.15, 0.2) is 40.2 Å². The Kier molecular flexibility index (Phi) is 3.90. The van der Waals surface area contributed by atoms with Crippen molar-refractivity contribution in [2.45, 2.75) is 20.8 Å². The predicted molar refractivity (Wildman–Crippen MR) is 83.4 cm³/mol. The molecular formula is C16H16N4O. The summed E-state index contributed by atoms with van der Waals surface area (Å²) in [5, 5.41) is 13.4. The second-order valence-corrected chi connectivity index (χ2v) is 4.88. The molecule has 1 aromatic carbocycles. The van der Waals surface area contributed by atoms with E-state index in [2.05, 4.69) is 5.10 Å². The average Bonchev–Trinajstić information content (AvgIpc) is 2.44. The average molecular weight is 280 g/mol. The Labute approximate surface area is 123 Å². The lowest BCUT2D eigenvalue weighted by Gasteiger charge is -2.08. The first-order chi connectivity index (χ1) is 9.93. The summed E-state index contributed by atoms with van der Waals surface area (Å²) < 4.78 is 1.26. The van der Waals surface area contributed by atoms with Crippen LogP contribution in [0.4, 0.5) is 5.69 Å². The van der Waals surface area contributed by atoms with E-state index in [1.165, 1.54) is 4.68 Å². The number of aromatic nitrogens is 1. The molecule has 5 heteroatoms. The molecular weight excluding hydrogens is 264 g/mol. The number of pyridine rings is 1. The van der Waals surface area contributed by atoms with Crippen molar-refractivity contribution < 1.29 is 0 Å². The van der Waals surface area contributed by atoms with E-state index in [4.69, 9.17) is 11.0 Å². The van der Waals surface area contributed by atoms with E-state index < -0.39 is 5.56 Å². The summed E-state index contributed by atoms with van der Waals surface area (Å²) in [6.45, 7) is 5.34. The lowest BCUT2D eigenvalue weighted by molar-refractivity contribution is 0.781. The van der Waals surface area contributed by atoms with Gasteiger partial charge in [0.05, 0.1) is 5.71 Å². The van der Waals surface area contributed by atoms with Gasteiger partial charge in [-0.15, -0.1) is 0 Å². The molecule has 0 spiro atoms. The van der Waals surface area contributed by atoms with Gasteiger partial charge in [-0.1, -0.05) is 12.1 Å². The molecule has 0 bridgehead atoms. The summed E-state index contributed by atoms with van der Waals surface area (Å²) >= 11 is 0. The minimum absolute atomic E-state index is 0.120. The zero-order valence-corrected chi connectivity index (χ0v) is 12.2. The highest BCUT2D eigenvalue weighted by atomic mass is 16.1. The van der Waals surface area contributed by atoms with Crippen molar-refractivity contribution in [1.29, 1.82) is 5.26 Å². The second kappa shape index (κ2) is 5.63. The number of benzene rings is 1. The van der Waals surface area contributed by atoms with E-state index >= 15 is 0 Å². The molecule has 106 valence electrons. The fourth-order valence-electron chi connectivity index (χ4n) is 2.07. The molecule has 0 aliphatic carbocycles. The van der Waals surface area contributed by atoms with Crippen LogP contribution < -0.4 is 11.3 Å². The van der Waals surface area contributed by atoms with Crippen LogP contribution in [0.5, 0.6) is 0 Å². The smallest absolute Gasteiger partial charge is 0.289 e. The Morgan fingerprint density at radius 3 is 2.48 bits per heavy atom. The Bertz CT molecular complexity index is 808. The number of nitrogen functional groups attached to an aromatic ring is 1. The molecule has 0 atom stereocenters. The molecule has 0 fully saturated rings. The maximum atomic E-state index is 12.3. The van der Waals surface area contributed by atoms with Crippen molar-refractivity contribution in [3.63, 3.8) is 0 Å². The zero-order valence-electron chi connectivity index (χ0n) is 12.2. The molecule has 0 radical (unpaired) electrons. The molecule has 1 heterocycles. The van der Waals surface area contributed by atoms with Crippen molar-refractivity contribution in [2.75, 3.05) is 5.73 Å². The molecule has 0 saturated heterocycles. The van der Waals surface area contributed by atoms with Crippen LogP contribution in [-0.4, -0.2) is 10.4 Å². The van der Waals surface area contributed by atoms with Crippen LogP contribution in [0, 0.1) is 25.2 Å². The van der Waals surface area contributed by atoms with Crippen LogP contribution in [0.25, 0.3) is 0 Å². The summed E-state index contributed by atoms with van der Waals surface area (Å²) in [5.74, 6) is 0. The van der Waals surface area contributed by atoms with Gasteiger partial charge in [0, 0.05) is 11.4 Å². The van der Waals surface area contributed by atoms with Crippen LogP contribution in [-0.2, 0) is 0 Å². The van der Waals surface area contributed by atoms with Crippen molar-refractivity contribution in [3.8, 4) is 6.07 Å². The SMILES string of the molecule is CC(=Nn1c(C)cc(C)c(C#N)c1=O)c1ccc(N)cc1. The normalized spacial score (nSPS) is 11.2. The number of nitrogens with two attached hydrogens (primary N) is 1. The molecule has 0 aliphatic rings. The molecule has 2 aromatic rings. The van der Waals surface area contributed by atoms with E-state index in [-0.39, 0.29) is 5.56 Å². The summed E-state index contributed by atoms with van der Waals surface area (Å²) in [5.41, 5.74) is 8.93. The molecule has 0 unspecified atom stereocenters. The van der Waals surface area contributed by atoms with Crippen molar-refractivity contribution in [2.24, 2.45) is 5.10 Å². The van der Waals surface area contributed by atoms with Crippen LogP contribution in [0.1, 0.15) is 29.3 Å². The first kappa shape index (κ1) is 14.5. The zero-order chi connectivity index (χ0) is 15.6. The van der Waals surface area contributed by atoms with E-state index in [0.717, 1.165) is 5.56 Å². The maximum Gasteiger partial charge on any atom is 0.289 e. The summed E-state index contributed by atoms with van der Waals surface area (Å²) in [6, 6.07) is 10.9. The fourth-order valence-corrected chi connectivity index (χ4v) is 2.07. The Balaban J connectivity index is 2.58. The lowest BCUT2D eigenvalue weighted by Crippen LogP contribution is -2.23. The fraction of sp³-hybridized carbons (Fsp3) is 0.188. The van der Waals surface area contributed by atoms with Crippen molar-refractivity contribution in [1.82, 2.24) is 4.68 Å². The van der Waals surface area contributed by atoms with Crippen LogP contribution in [0.3, 0.4) is 0 Å². The molecule has 21 heavy (non-hydrogen) atoms. The number of aryl methyl sites for hydroxylation is 2. The predicted octanol–water partition coefficient (Wildman–Crippen LogP) is 2.19. The van der Waals surface area contributed by atoms with E-state index in [9.17, 15) is 4.79 Å². The van der Waals surface area contributed by atoms with Gasteiger partial charge in [-0.3, -0.25) is 4.79 Å². The van der Waals surface area contributed by atoms with Gasteiger partial charge in [0.2, 0.25) is 0 Å². The van der Waals surface area contributed by atoms with Gasteiger partial charge >= 0.3 is 0 Å². The Morgan fingerprint density at radius 1 is 1.29 bits per heavy atom. The first-order valence-electron chi connectivity index (χ1n) is 6.49. The van der Waals surface area contributed by atoms with E-state index in [1.54, 1.807) is 32.0 Å². The number of nitrogens with zero attached hydrogens (tertiary/aromatic N) is 3. The van der Waals surface area contributed by atoms with Gasteiger partial charge in [0.25, 0.3) is 5.56 Å². The molecule has 0 aliphatic heterocycles. The Hall–Kier alpha value is -2.87. The molecule has 2 N–H and O–H groups in total. The van der Waals surface area contributed by atoms with Gasteiger partial charge in [-0.2, -0.15) is 10.4 Å². The minimum Gasteiger partial charge on any atom is -0.399 e. The third kappa shape index (κ3) is 2.84. The van der Waals surface area contributed by atoms with E-state index in [0.29, 0.717) is 22.7 Å². The lowest BCUT2D eigenvalue weighted by atomic mass is 10.1. The maximum absolute atomic E-state index is 12.3. The highest BCUT2D eigenvalue weighted by molar-refractivity contribution is 5.98. The number of hydrogen-bond donors (Lipinski definition) is 1. The van der Waals surface area contributed by atoms with Gasteiger partial charge in [0.1, 0.15) is 11.6 Å². The monoisotopic (exact) mass is 280 g/mol. The Morgan fingerprint density at radius 2 is 1.90 bits per heavy atom. The quantitative estimate of drug-likeness (QED) is 0.676. The second-order valence-electron chi connectivity index (χ2n) is 4.88. The number of anilines is 1. The molecule has 5 nitrogen and oxygen atoms in total. The van der Waals surface area contributed by atoms with Gasteiger partial charge in [-0.05, 0) is 50.1 Å². The molecule has 0 saturated carbocycles. The topological polar surface area (TPSA) is 84.2 Å². The molecule has 1 aromatic heterocycles.